The first kappa shape index (κ1) is 26.0. The van der Waals surface area contributed by atoms with Gasteiger partial charge in [0.25, 0.3) is 0 Å². The third-order valence-corrected chi connectivity index (χ3v) is 9.12. The summed E-state index contributed by atoms with van der Waals surface area (Å²) in [4.78, 5) is 25.1. The molecule has 4 N–H and O–H groups in total. The average Bonchev–Trinajstić information content (AvgIpc) is 2.77. The van der Waals surface area contributed by atoms with Gasteiger partial charge in [0.1, 0.15) is 10.4 Å². The Morgan fingerprint density at radius 3 is 2.48 bits per heavy atom. The Kier molecular flexibility index (Phi) is 8.48. The predicted molar refractivity (Wildman–Crippen MR) is 129 cm³/mol. The fourth-order valence-electron chi connectivity index (χ4n) is 4.83. The fraction of sp³-hybridized carbons (Fsp3) is 0.565. The molecule has 0 spiro atoms. The summed E-state index contributed by atoms with van der Waals surface area (Å²) in [5.74, 6) is -1.06. The Labute approximate surface area is 205 Å². The van der Waals surface area contributed by atoms with Gasteiger partial charge in [-0.2, -0.15) is 4.72 Å². The number of nitrogens with two attached hydrogens (primary N) is 1. The molecule has 0 radical (unpaired) electrons. The van der Waals surface area contributed by atoms with Crippen LogP contribution in [0, 0.1) is 11.8 Å². The van der Waals surface area contributed by atoms with Crippen LogP contribution in [-0.4, -0.2) is 31.8 Å². The Morgan fingerprint density at radius 1 is 1.15 bits per heavy atom. The number of nitrogens with one attached hydrogen (secondary N) is 2. The highest BCUT2D eigenvalue weighted by atomic mass is 35.5. The van der Waals surface area contributed by atoms with Crippen LogP contribution in [0.4, 0.5) is 0 Å². The lowest BCUT2D eigenvalue weighted by molar-refractivity contribution is -0.129. The second-order valence-electron chi connectivity index (χ2n) is 8.98. The average molecular weight is 516 g/mol. The topological polar surface area (TPSA) is 118 Å². The second kappa shape index (κ2) is 10.8. The van der Waals surface area contributed by atoms with E-state index in [-0.39, 0.29) is 44.6 Å². The molecule has 7 nitrogen and oxygen atoms in total. The number of hydrogen-bond acceptors (Lipinski definition) is 4. The van der Waals surface area contributed by atoms with Gasteiger partial charge in [-0.1, -0.05) is 74.0 Å². The number of rotatable bonds is 8. The molecular weight excluding hydrogens is 485 g/mol. The summed E-state index contributed by atoms with van der Waals surface area (Å²) in [6, 6.07) is 4.09. The monoisotopic (exact) mass is 515 g/mol. The number of primary amides is 1. The van der Waals surface area contributed by atoms with E-state index >= 15 is 0 Å². The molecule has 10 heteroatoms. The van der Waals surface area contributed by atoms with Crippen molar-refractivity contribution in [3.8, 4) is 0 Å². The van der Waals surface area contributed by atoms with Crippen molar-refractivity contribution >= 4 is 45.0 Å². The molecule has 0 aliphatic heterocycles. The van der Waals surface area contributed by atoms with E-state index in [1.165, 1.54) is 18.2 Å². The molecule has 0 bridgehead atoms. The minimum Gasteiger partial charge on any atom is -0.369 e. The minimum atomic E-state index is -4.11. The zero-order chi connectivity index (χ0) is 24.2. The van der Waals surface area contributed by atoms with Crippen LogP contribution in [-0.2, 0) is 19.6 Å². The van der Waals surface area contributed by atoms with Crippen molar-refractivity contribution < 1.29 is 18.0 Å². The third-order valence-electron chi connectivity index (χ3n) is 6.62. The van der Waals surface area contributed by atoms with Gasteiger partial charge < -0.3 is 11.1 Å². The lowest BCUT2D eigenvalue weighted by atomic mass is 9.78. The summed E-state index contributed by atoms with van der Waals surface area (Å²) in [6.07, 6.45) is 8.96. The first-order valence-electron chi connectivity index (χ1n) is 11.4. The summed E-state index contributed by atoms with van der Waals surface area (Å²) < 4.78 is 29.2. The summed E-state index contributed by atoms with van der Waals surface area (Å²) in [5, 5.41) is 3.11. The van der Waals surface area contributed by atoms with Crippen LogP contribution in [0.15, 0.2) is 35.2 Å². The van der Waals surface area contributed by atoms with E-state index in [2.05, 4.69) is 10.0 Å². The molecule has 3 atom stereocenters. The van der Waals surface area contributed by atoms with Crippen molar-refractivity contribution in [1.82, 2.24) is 10.0 Å². The molecular formula is C23H31Cl2N3O4S. The number of hydrogen-bond donors (Lipinski definition) is 3. The van der Waals surface area contributed by atoms with Crippen molar-refractivity contribution in [2.24, 2.45) is 17.6 Å². The molecule has 2 aliphatic carbocycles. The Balaban J connectivity index is 1.87. The number of sulfonamides is 1. The number of carbonyl (C=O) groups excluding carboxylic acids is 2. The molecule has 33 heavy (non-hydrogen) atoms. The van der Waals surface area contributed by atoms with Gasteiger partial charge in [-0.25, -0.2) is 8.42 Å². The van der Waals surface area contributed by atoms with Crippen molar-refractivity contribution in [2.75, 3.05) is 0 Å². The summed E-state index contributed by atoms with van der Waals surface area (Å²) in [5.41, 5.74) is 4.20. The largest absolute Gasteiger partial charge is 0.369 e. The predicted octanol–water partition coefficient (Wildman–Crippen LogP) is 3.94. The van der Waals surface area contributed by atoms with Gasteiger partial charge in [-0.05, 0) is 43.7 Å². The highest BCUT2D eigenvalue weighted by Crippen LogP contribution is 2.35. The Bertz CT molecular complexity index is 1020. The smallest absolute Gasteiger partial charge is 0.243 e. The molecule has 3 rings (SSSR count). The van der Waals surface area contributed by atoms with Crippen molar-refractivity contribution in [2.45, 2.75) is 74.8 Å². The fourth-order valence-corrected chi connectivity index (χ4v) is 7.02. The molecule has 182 valence electrons. The van der Waals surface area contributed by atoms with Crippen LogP contribution in [0.2, 0.25) is 10.0 Å². The molecule has 0 saturated heterocycles. The van der Waals surface area contributed by atoms with Gasteiger partial charge in [0.15, 0.2) is 0 Å². The van der Waals surface area contributed by atoms with E-state index in [4.69, 9.17) is 28.9 Å². The maximum absolute atomic E-state index is 13.6. The maximum Gasteiger partial charge on any atom is 0.243 e. The highest BCUT2D eigenvalue weighted by molar-refractivity contribution is 7.89. The molecule has 2 aliphatic rings. The van der Waals surface area contributed by atoms with Crippen LogP contribution in [0.3, 0.4) is 0 Å². The zero-order valence-corrected chi connectivity index (χ0v) is 21.0. The van der Waals surface area contributed by atoms with E-state index in [0.29, 0.717) is 19.3 Å². The van der Waals surface area contributed by atoms with Crippen molar-refractivity contribution in [3.63, 3.8) is 0 Å². The number of benzene rings is 1. The van der Waals surface area contributed by atoms with Gasteiger partial charge >= 0.3 is 0 Å². The van der Waals surface area contributed by atoms with Gasteiger partial charge in [0.05, 0.1) is 22.0 Å². The molecule has 2 amide bonds. The van der Waals surface area contributed by atoms with E-state index in [0.717, 1.165) is 32.1 Å². The molecule has 3 unspecified atom stereocenters. The minimum absolute atomic E-state index is 0.0427. The number of carbonyl (C=O) groups is 2. The Morgan fingerprint density at radius 2 is 1.85 bits per heavy atom. The molecule has 1 fully saturated rings. The maximum atomic E-state index is 13.6. The summed E-state index contributed by atoms with van der Waals surface area (Å²) >= 11 is 12.2. The van der Waals surface area contributed by atoms with Crippen molar-refractivity contribution in [1.29, 1.82) is 0 Å². The van der Waals surface area contributed by atoms with E-state index in [1.807, 2.05) is 13.0 Å². The molecule has 1 aromatic rings. The van der Waals surface area contributed by atoms with Crippen LogP contribution in [0.25, 0.3) is 0 Å². The lowest BCUT2D eigenvalue weighted by Crippen LogP contribution is -2.61. The van der Waals surface area contributed by atoms with Crippen molar-refractivity contribution in [3.05, 3.63) is 40.4 Å². The Hall–Kier alpha value is -1.61. The van der Waals surface area contributed by atoms with E-state index in [1.54, 1.807) is 6.08 Å². The van der Waals surface area contributed by atoms with Gasteiger partial charge in [0.2, 0.25) is 21.8 Å². The normalized spacial score (nSPS) is 24.9. The van der Waals surface area contributed by atoms with Gasteiger partial charge in [-0.3, -0.25) is 9.59 Å². The van der Waals surface area contributed by atoms with E-state index in [9.17, 15) is 18.0 Å². The molecule has 1 saturated carbocycles. The highest BCUT2D eigenvalue weighted by Gasteiger charge is 2.45. The van der Waals surface area contributed by atoms with E-state index < -0.39 is 15.6 Å². The third kappa shape index (κ3) is 5.91. The molecule has 0 heterocycles. The van der Waals surface area contributed by atoms with Gasteiger partial charge in [0, 0.05) is 0 Å². The molecule has 0 aromatic heterocycles. The van der Waals surface area contributed by atoms with Crippen LogP contribution < -0.4 is 15.8 Å². The lowest BCUT2D eigenvalue weighted by Gasteiger charge is -2.39. The first-order valence-corrected chi connectivity index (χ1v) is 13.6. The second-order valence-corrected chi connectivity index (χ2v) is 11.4. The first-order chi connectivity index (χ1) is 15.6. The van der Waals surface area contributed by atoms with Gasteiger partial charge in [-0.15, -0.1) is 0 Å². The SMILES string of the molecule is CCCC1CC(C(N)=O)C=CC1NC(=O)C1(NS(=O)(=O)c2cccc(Cl)c2Cl)CCCCC1. The zero-order valence-electron chi connectivity index (χ0n) is 18.7. The van der Waals surface area contributed by atoms with Crippen LogP contribution in [0.1, 0.15) is 58.3 Å². The summed E-state index contributed by atoms with van der Waals surface area (Å²) in [6.45, 7) is 2.04. The number of amides is 2. The standard InChI is InChI=1S/C23H31Cl2N3O4S/c1-2-7-15-14-16(21(26)29)10-11-18(15)27-22(30)23(12-4-3-5-13-23)28-33(31,32)19-9-6-8-17(24)20(19)25/h6,8-11,15-16,18,28H,2-5,7,12-14H2,1H3,(H2,26,29)(H,27,30). The number of halogens is 2. The van der Waals surface area contributed by atoms with Crippen LogP contribution >= 0.6 is 23.2 Å². The molecule has 1 aromatic carbocycles. The quantitative estimate of drug-likeness (QED) is 0.454. The van der Waals surface area contributed by atoms with Crippen LogP contribution in [0.5, 0.6) is 0 Å². The summed E-state index contributed by atoms with van der Waals surface area (Å²) in [7, 11) is -4.11.